The van der Waals surface area contributed by atoms with Crippen LogP contribution in [0.15, 0.2) is 48.5 Å². The summed E-state index contributed by atoms with van der Waals surface area (Å²) in [6.45, 7) is 1.93. The number of rotatable bonds is 3. The molecule has 0 aromatic heterocycles. The number of carbonyl (C=O) groups is 2. The molecule has 2 aliphatic heterocycles. The zero-order valence-corrected chi connectivity index (χ0v) is 16.5. The Morgan fingerprint density at radius 3 is 2.34 bits per heavy atom. The lowest BCUT2D eigenvalue weighted by molar-refractivity contribution is 0.0576. The summed E-state index contributed by atoms with van der Waals surface area (Å²) in [5, 5.41) is 5.89. The van der Waals surface area contributed by atoms with Gasteiger partial charge in [-0.1, -0.05) is 30.3 Å². The van der Waals surface area contributed by atoms with E-state index in [-0.39, 0.29) is 35.8 Å². The average molecular weight is 395 g/mol. The van der Waals surface area contributed by atoms with Gasteiger partial charge < -0.3 is 15.5 Å². The molecular weight excluding hydrogens is 369 g/mol. The van der Waals surface area contributed by atoms with Crippen LogP contribution in [0.5, 0.6) is 0 Å². The number of piperidine rings is 2. The van der Waals surface area contributed by atoms with E-state index in [0.29, 0.717) is 5.56 Å². The van der Waals surface area contributed by atoms with Crippen LogP contribution in [0.25, 0.3) is 0 Å². The van der Waals surface area contributed by atoms with Crippen LogP contribution in [0.1, 0.15) is 48.0 Å². The first-order valence-electron chi connectivity index (χ1n) is 10.2. The van der Waals surface area contributed by atoms with Crippen LogP contribution in [0.4, 0.5) is 14.9 Å². The standard InChI is InChI=1S/C23H26FN3O2/c1-15-7-2-3-10-19(15)22(28)25-16-13-17-8-6-9-18(14-16)27(17)23(29)26-21-12-5-4-11-20(21)24/h2-5,7,10-12,16-18H,6,8-9,13-14H2,1H3,(H,25,28)(H,26,29). The number of nitrogens with zero attached hydrogens (tertiary/aromatic N) is 1. The third-order valence-corrected chi connectivity index (χ3v) is 6.05. The summed E-state index contributed by atoms with van der Waals surface area (Å²) in [7, 11) is 0. The molecule has 2 aliphatic rings. The molecule has 2 bridgehead atoms. The first kappa shape index (κ1) is 19.4. The van der Waals surface area contributed by atoms with Gasteiger partial charge in [-0.15, -0.1) is 0 Å². The number of aryl methyl sites for hydroxylation is 1. The molecule has 2 heterocycles. The van der Waals surface area contributed by atoms with Crippen molar-refractivity contribution in [3.8, 4) is 0 Å². The number of nitrogens with one attached hydrogen (secondary N) is 2. The van der Waals surface area contributed by atoms with E-state index < -0.39 is 5.82 Å². The molecule has 0 aliphatic carbocycles. The van der Waals surface area contributed by atoms with Crippen molar-refractivity contribution in [2.24, 2.45) is 0 Å². The Kier molecular flexibility index (Phi) is 5.51. The van der Waals surface area contributed by atoms with Crippen LogP contribution < -0.4 is 10.6 Å². The molecule has 4 rings (SSSR count). The van der Waals surface area contributed by atoms with Crippen molar-refractivity contribution in [3.05, 3.63) is 65.5 Å². The number of para-hydroxylation sites is 1. The number of anilines is 1. The zero-order valence-electron chi connectivity index (χ0n) is 16.5. The highest BCUT2D eigenvalue weighted by molar-refractivity contribution is 5.95. The number of halogens is 1. The number of benzene rings is 2. The lowest BCUT2D eigenvalue weighted by Crippen LogP contribution is -2.59. The Hall–Kier alpha value is -2.89. The van der Waals surface area contributed by atoms with E-state index in [1.165, 1.54) is 6.07 Å². The summed E-state index contributed by atoms with van der Waals surface area (Å²) in [5.41, 5.74) is 1.84. The zero-order chi connectivity index (χ0) is 20.4. The van der Waals surface area contributed by atoms with Gasteiger partial charge in [-0.25, -0.2) is 9.18 Å². The summed E-state index contributed by atoms with van der Waals surface area (Å²) < 4.78 is 13.9. The van der Waals surface area contributed by atoms with Gasteiger partial charge >= 0.3 is 6.03 Å². The monoisotopic (exact) mass is 395 g/mol. The Balaban J connectivity index is 1.44. The number of fused-ring (bicyclic) bond motifs is 2. The Bertz CT molecular complexity index is 903. The van der Waals surface area contributed by atoms with Gasteiger partial charge in [0.2, 0.25) is 0 Å². The molecular formula is C23H26FN3O2. The fourth-order valence-electron chi connectivity index (χ4n) is 4.66. The Morgan fingerprint density at radius 2 is 1.66 bits per heavy atom. The Morgan fingerprint density at radius 1 is 1.00 bits per heavy atom. The predicted molar refractivity (Wildman–Crippen MR) is 110 cm³/mol. The van der Waals surface area contributed by atoms with E-state index in [0.717, 1.165) is 37.7 Å². The minimum absolute atomic E-state index is 0.0370. The number of hydrogen-bond donors (Lipinski definition) is 2. The molecule has 6 heteroatoms. The van der Waals surface area contributed by atoms with Crippen molar-refractivity contribution in [1.29, 1.82) is 0 Å². The number of urea groups is 1. The van der Waals surface area contributed by atoms with Crippen molar-refractivity contribution in [3.63, 3.8) is 0 Å². The van der Waals surface area contributed by atoms with Crippen molar-refractivity contribution in [2.75, 3.05) is 5.32 Å². The SMILES string of the molecule is Cc1ccccc1C(=O)NC1CC2CCCC(C1)N2C(=O)Nc1ccccc1F. The molecule has 2 aromatic rings. The van der Waals surface area contributed by atoms with Crippen LogP contribution >= 0.6 is 0 Å². The van der Waals surface area contributed by atoms with E-state index in [1.54, 1.807) is 18.2 Å². The molecule has 0 spiro atoms. The van der Waals surface area contributed by atoms with E-state index >= 15 is 0 Å². The molecule has 0 radical (unpaired) electrons. The molecule has 2 aromatic carbocycles. The largest absolute Gasteiger partial charge is 0.349 e. The van der Waals surface area contributed by atoms with Crippen molar-refractivity contribution < 1.29 is 14.0 Å². The molecule has 5 nitrogen and oxygen atoms in total. The van der Waals surface area contributed by atoms with Gasteiger partial charge in [0, 0.05) is 23.7 Å². The third-order valence-electron chi connectivity index (χ3n) is 6.05. The summed E-state index contributed by atoms with van der Waals surface area (Å²) in [6.07, 6.45) is 4.31. The van der Waals surface area contributed by atoms with Gasteiger partial charge in [0.15, 0.2) is 0 Å². The minimum Gasteiger partial charge on any atom is -0.349 e. The van der Waals surface area contributed by atoms with E-state index in [1.807, 2.05) is 36.1 Å². The molecule has 3 amide bonds. The Labute approximate surface area is 170 Å². The molecule has 152 valence electrons. The second kappa shape index (κ2) is 8.23. The maximum atomic E-state index is 13.9. The van der Waals surface area contributed by atoms with Crippen LogP contribution in [-0.4, -0.2) is 35.0 Å². The number of amides is 3. The van der Waals surface area contributed by atoms with Crippen molar-refractivity contribution in [1.82, 2.24) is 10.2 Å². The number of hydrogen-bond acceptors (Lipinski definition) is 2. The van der Waals surface area contributed by atoms with E-state index in [4.69, 9.17) is 0 Å². The van der Waals surface area contributed by atoms with Crippen LogP contribution in [-0.2, 0) is 0 Å². The van der Waals surface area contributed by atoms with Crippen LogP contribution in [0.3, 0.4) is 0 Å². The first-order valence-corrected chi connectivity index (χ1v) is 10.2. The first-order chi connectivity index (χ1) is 14.0. The van der Waals surface area contributed by atoms with Crippen molar-refractivity contribution in [2.45, 2.75) is 57.2 Å². The topological polar surface area (TPSA) is 61.4 Å². The second-order valence-corrected chi connectivity index (χ2v) is 8.01. The molecule has 2 unspecified atom stereocenters. The van der Waals surface area contributed by atoms with Gasteiger partial charge in [-0.05, 0) is 62.8 Å². The van der Waals surface area contributed by atoms with E-state index in [9.17, 15) is 14.0 Å². The highest BCUT2D eigenvalue weighted by Gasteiger charge is 2.41. The minimum atomic E-state index is -0.439. The summed E-state index contributed by atoms with van der Waals surface area (Å²) in [5.74, 6) is -0.498. The van der Waals surface area contributed by atoms with E-state index in [2.05, 4.69) is 10.6 Å². The highest BCUT2D eigenvalue weighted by Crippen LogP contribution is 2.35. The van der Waals surface area contributed by atoms with Gasteiger partial charge in [0.25, 0.3) is 5.91 Å². The van der Waals surface area contributed by atoms with Gasteiger partial charge in [-0.3, -0.25) is 4.79 Å². The van der Waals surface area contributed by atoms with Crippen molar-refractivity contribution >= 4 is 17.6 Å². The lowest BCUT2D eigenvalue weighted by atomic mass is 9.82. The van der Waals surface area contributed by atoms with Gasteiger partial charge in [-0.2, -0.15) is 0 Å². The fraction of sp³-hybridized carbons (Fsp3) is 0.391. The van der Waals surface area contributed by atoms with Crippen LogP contribution in [0.2, 0.25) is 0 Å². The molecule has 2 saturated heterocycles. The number of carbonyl (C=O) groups excluding carboxylic acids is 2. The van der Waals surface area contributed by atoms with Crippen LogP contribution in [0, 0.1) is 12.7 Å². The molecule has 2 N–H and O–H groups in total. The summed E-state index contributed by atoms with van der Waals surface area (Å²) in [6, 6.07) is 13.6. The maximum Gasteiger partial charge on any atom is 0.322 e. The van der Waals surface area contributed by atoms with Gasteiger partial charge in [0.1, 0.15) is 5.82 Å². The maximum absolute atomic E-state index is 13.9. The third kappa shape index (κ3) is 4.11. The predicted octanol–water partition coefficient (Wildman–Crippen LogP) is 4.48. The summed E-state index contributed by atoms with van der Waals surface area (Å²) in [4.78, 5) is 27.5. The smallest absolute Gasteiger partial charge is 0.322 e. The normalized spacial score (nSPS) is 23.4. The lowest BCUT2D eigenvalue weighted by Gasteiger charge is -2.48. The molecule has 0 saturated carbocycles. The molecule has 29 heavy (non-hydrogen) atoms. The summed E-state index contributed by atoms with van der Waals surface area (Å²) >= 11 is 0. The highest BCUT2D eigenvalue weighted by atomic mass is 19.1. The van der Waals surface area contributed by atoms with Gasteiger partial charge in [0.05, 0.1) is 5.69 Å². The average Bonchev–Trinajstić information content (AvgIpc) is 2.69. The second-order valence-electron chi connectivity index (χ2n) is 8.01. The molecule has 2 atom stereocenters. The quantitative estimate of drug-likeness (QED) is 0.805. The fourth-order valence-corrected chi connectivity index (χ4v) is 4.66. The molecule has 2 fully saturated rings.